The lowest BCUT2D eigenvalue weighted by Gasteiger charge is -2.12. The maximum Gasteiger partial charge on any atom is 0.268 e. The molecule has 5 nitrogen and oxygen atoms in total. The van der Waals surface area contributed by atoms with E-state index in [1.807, 2.05) is 60.7 Å². The zero-order valence-electron chi connectivity index (χ0n) is 15.3. The highest BCUT2D eigenvalue weighted by atomic mass is 16.1. The standard InChI is InChI=1S/C23H18N4O/c1-15(16-9-4-2-5-10-16)20-19-21(26-25-20)18-13-8-14-24-22(18)27(23(19)28)17-11-6-3-7-12-17/h2-15H,1H3,(H,25,26). The van der Waals surface area contributed by atoms with E-state index in [9.17, 15) is 4.79 Å². The Bertz CT molecular complexity index is 1340. The van der Waals surface area contributed by atoms with E-state index in [1.165, 1.54) is 0 Å². The van der Waals surface area contributed by atoms with E-state index in [2.05, 4.69) is 34.2 Å². The molecular weight excluding hydrogens is 348 g/mol. The van der Waals surface area contributed by atoms with Gasteiger partial charge in [0.05, 0.1) is 22.3 Å². The molecule has 3 heterocycles. The molecule has 0 spiro atoms. The molecular formula is C23H18N4O. The molecule has 0 aliphatic carbocycles. The van der Waals surface area contributed by atoms with E-state index >= 15 is 0 Å². The molecule has 5 aromatic rings. The molecule has 1 atom stereocenters. The summed E-state index contributed by atoms with van der Waals surface area (Å²) < 4.78 is 1.67. The molecule has 2 aromatic carbocycles. The average molecular weight is 366 g/mol. The molecule has 0 saturated carbocycles. The molecule has 0 fully saturated rings. The predicted octanol–water partition coefficient (Wildman–Crippen LogP) is 4.41. The summed E-state index contributed by atoms with van der Waals surface area (Å²) >= 11 is 0. The number of hydrogen-bond acceptors (Lipinski definition) is 3. The van der Waals surface area contributed by atoms with Gasteiger partial charge in [-0.15, -0.1) is 0 Å². The van der Waals surface area contributed by atoms with Crippen LogP contribution in [0.5, 0.6) is 0 Å². The summed E-state index contributed by atoms with van der Waals surface area (Å²) in [6.07, 6.45) is 1.71. The molecule has 0 saturated heterocycles. The van der Waals surface area contributed by atoms with Gasteiger partial charge in [-0.1, -0.05) is 55.5 Å². The van der Waals surface area contributed by atoms with Gasteiger partial charge in [0.2, 0.25) is 0 Å². The van der Waals surface area contributed by atoms with Crippen molar-refractivity contribution in [3.63, 3.8) is 0 Å². The number of aromatic nitrogens is 4. The summed E-state index contributed by atoms with van der Waals surface area (Å²) in [6, 6.07) is 23.6. The third kappa shape index (κ3) is 2.44. The summed E-state index contributed by atoms with van der Waals surface area (Å²) in [5.41, 5.74) is 3.90. The minimum Gasteiger partial charge on any atom is -0.277 e. The Morgan fingerprint density at radius 2 is 1.64 bits per heavy atom. The molecule has 28 heavy (non-hydrogen) atoms. The van der Waals surface area contributed by atoms with Gasteiger partial charge in [0.1, 0.15) is 5.65 Å². The summed E-state index contributed by atoms with van der Waals surface area (Å²) in [5.74, 6) is -0.0130. The van der Waals surface area contributed by atoms with E-state index in [4.69, 9.17) is 0 Å². The molecule has 1 unspecified atom stereocenters. The Balaban J connectivity index is 1.88. The molecule has 0 bridgehead atoms. The van der Waals surface area contributed by atoms with Crippen molar-refractivity contribution < 1.29 is 0 Å². The molecule has 0 aliphatic rings. The van der Waals surface area contributed by atoms with Crippen molar-refractivity contribution in [2.24, 2.45) is 0 Å². The number of rotatable bonds is 3. The first kappa shape index (κ1) is 16.4. The van der Waals surface area contributed by atoms with Crippen LogP contribution in [0.2, 0.25) is 0 Å². The second-order valence-electron chi connectivity index (χ2n) is 6.84. The number of pyridine rings is 2. The predicted molar refractivity (Wildman–Crippen MR) is 111 cm³/mol. The fraction of sp³-hybridized carbons (Fsp3) is 0.0870. The first-order valence-corrected chi connectivity index (χ1v) is 9.24. The second-order valence-corrected chi connectivity index (χ2v) is 6.84. The Morgan fingerprint density at radius 1 is 0.929 bits per heavy atom. The lowest BCUT2D eigenvalue weighted by molar-refractivity contribution is 0.860. The van der Waals surface area contributed by atoms with E-state index in [-0.39, 0.29) is 11.5 Å². The third-order valence-electron chi connectivity index (χ3n) is 5.20. The zero-order valence-corrected chi connectivity index (χ0v) is 15.3. The van der Waals surface area contributed by atoms with Crippen molar-refractivity contribution in [2.45, 2.75) is 12.8 Å². The number of aromatic amines is 1. The van der Waals surface area contributed by atoms with Crippen molar-refractivity contribution in [3.05, 3.63) is 101 Å². The van der Waals surface area contributed by atoms with E-state index in [0.29, 0.717) is 11.0 Å². The smallest absolute Gasteiger partial charge is 0.268 e. The van der Waals surface area contributed by atoms with Gasteiger partial charge in [0.25, 0.3) is 5.56 Å². The summed E-state index contributed by atoms with van der Waals surface area (Å²) in [5, 5.41) is 9.14. The van der Waals surface area contributed by atoms with Crippen LogP contribution < -0.4 is 5.56 Å². The van der Waals surface area contributed by atoms with Crippen LogP contribution in [-0.2, 0) is 0 Å². The zero-order chi connectivity index (χ0) is 19.1. The third-order valence-corrected chi connectivity index (χ3v) is 5.20. The van der Waals surface area contributed by atoms with Crippen LogP contribution in [0.15, 0.2) is 83.8 Å². The van der Waals surface area contributed by atoms with Crippen LogP contribution in [0, 0.1) is 0 Å². The van der Waals surface area contributed by atoms with Crippen molar-refractivity contribution in [3.8, 4) is 5.69 Å². The van der Waals surface area contributed by atoms with Gasteiger partial charge < -0.3 is 0 Å². The minimum absolute atomic E-state index is 0.0130. The highest BCUT2D eigenvalue weighted by Crippen LogP contribution is 2.30. The van der Waals surface area contributed by atoms with Crippen molar-refractivity contribution in [2.75, 3.05) is 0 Å². The number of fused-ring (bicyclic) bond motifs is 3. The van der Waals surface area contributed by atoms with Crippen LogP contribution in [0.1, 0.15) is 24.1 Å². The molecule has 0 radical (unpaired) electrons. The van der Waals surface area contributed by atoms with Crippen LogP contribution >= 0.6 is 0 Å². The molecule has 5 rings (SSSR count). The number of benzene rings is 2. The molecule has 5 heteroatoms. The van der Waals surface area contributed by atoms with Gasteiger partial charge in [-0.05, 0) is 29.8 Å². The average Bonchev–Trinajstić information content (AvgIpc) is 3.21. The number of nitrogens with zero attached hydrogens (tertiary/aromatic N) is 3. The highest BCUT2D eigenvalue weighted by Gasteiger charge is 2.22. The van der Waals surface area contributed by atoms with Gasteiger partial charge in [-0.2, -0.15) is 5.10 Å². The van der Waals surface area contributed by atoms with E-state index < -0.39 is 0 Å². The van der Waals surface area contributed by atoms with Crippen molar-refractivity contribution in [1.29, 1.82) is 0 Å². The Kier molecular flexibility index (Phi) is 3.79. The number of para-hydroxylation sites is 1. The monoisotopic (exact) mass is 366 g/mol. The SMILES string of the molecule is CC(c1ccccc1)c1n[nH]c2c1c(=O)n(-c1ccccc1)c1ncccc21. The normalized spacial score (nSPS) is 12.5. The molecule has 0 amide bonds. The molecule has 1 N–H and O–H groups in total. The molecule has 3 aromatic heterocycles. The van der Waals surface area contributed by atoms with Gasteiger partial charge in [0.15, 0.2) is 0 Å². The molecule has 0 aliphatic heterocycles. The van der Waals surface area contributed by atoms with Crippen molar-refractivity contribution >= 4 is 21.9 Å². The van der Waals surface area contributed by atoms with Gasteiger partial charge in [0, 0.05) is 17.5 Å². The van der Waals surface area contributed by atoms with Crippen LogP contribution in [0.4, 0.5) is 0 Å². The van der Waals surface area contributed by atoms with Gasteiger partial charge in [-0.3, -0.25) is 14.5 Å². The van der Waals surface area contributed by atoms with E-state index in [0.717, 1.165) is 27.8 Å². The Labute approximate surface area is 161 Å². The highest BCUT2D eigenvalue weighted by molar-refractivity contribution is 6.03. The van der Waals surface area contributed by atoms with Crippen LogP contribution in [0.25, 0.3) is 27.6 Å². The first-order valence-electron chi connectivity index (χ1n) is 9.24. The van der Waals surface area contributed by atoms with E-state index in [1.54, 1.807) is 10.8 Å². The van der Waals surface area contributed by atoms with Crippen LogP contribution in [0.3, 0.4) is 0 Å². The topological polar surface area (TPSA) is 63.6 Å². The summed E-state index contributed by atoms with van der Waals surface area (Å²) in [6.45, 7) is 2.07. The summed E-state index contributed by atoms with van der Waals surface area (Å²) in [7, 11) is 0. The molecule has 136 valence electrons. The Hall–Kier alpha value is -3.73. The number of hydrogen-bond donors (Lipinski definition) is 1. The second kappa shape index (κ2) is 6.46. The fourth-order valence-corrected chi connectivity index (χ4v) is 3.78. The maximum absolute atomic E-state index is 13.6. The van der Waals surface area contributed by atoms with Gasteiger partial charge in [-0.25, -0.2) is 4.98 Å². The Morgan fingerprint density at radius 3 is 2.39 bits per heavy atom. The summed E-state index contributed by atoms with van der Waals surface area (Å²) in [4.78, 5) is 18.1. The van der Waals surface area contributed by atoms with Crippen molar-refractivity contribution in [1.82, 2.24) is 19.7 Å². The maximum atomic E-state index is 13.6. The largest absolute Gasteiger partial charge is 0.277 e. The fourth-order valence-electron chi connectivity index (χ4n) is 3.78. The lowest BCUT2D eigenvalue weighted by atomic mass is 9.95. The quantitative estimate of drug-likeness (QED) is 0.514. The number of H-pyrrole nitrogens is 1. The van der Waals surface area contributed by atoms with Crippen LogP contribution in [-0.4, -0.2) is 19.7 Å². The first-order chi connectivity index (χ1) is 13.8. The lowest BCUT2D eigenvalue weighted by Crippen LogP contribution is -2.20. The van der Waals surface area contributed by atoms with Gasteiger partial charge >= 0.3 is 0 Å². The minimum atomic E-state index is -0.112. The number of nitrogens with one attached hydrogen (secondary N) is 1.